The Labute approximate surface area is 86.2 Å². The smallest absolute Gasteiger partial charge is 0.224 e. The van der Waals surface area contributed by atoms with Crippen molar-refractivity contribution in [2.24, 2.45) is 0 Å². The van der Waals surface area contributed by atoms with E-state index in [1.165, 1.54) is 6.42 Å². The van der Waals surface area contributed by atoms with E-state index < -0.39 is 0 Å². The number of hydrogen-bond acceptors (Lipinski definition) is 2. The van der Waals surface area contributed by atoms with Crippen LogP contribution >= 0.6 is 0 Å². The van der Waals surface area contributed by atoms with E-state index in [1.54, 1.807) is 4.90 Å². The zero-order chi connectivity index (χ0) is 10.6. The Morgan fingerprint density at radius 1 is 1.64 bits per heavy atom. The fourth-order valence-electron chi connectivity index (χ4n) is 1.79. The summed E-state index contributed by atoms with van der Waals surface area (Å²) in [5.41, 5.74) is 1.03. The molecule has 1 fully saturated rings. The number of nitrogens with zero attached hydrogens (tertiary/aromatic N) is 1. The van der Waals surface area contributed by atoms with Crippen LogP contribution in [0.4, 0.5) is 0 Å². The first kappa shape index (κ1) is 11.2. The lowest BCUT2D eigenvalue weighted by Crippen LogP contribution is -2.34. The summed E-state index contributed by atoms with van der Waals surface area (Å²) in [6.45, 7) is 7.47. The van der Waals surface area contributed by atoms with Crippen LogP contribution in [0, 0.1) is 0 Å². The Bertz CT molecular complexity index is 219. The molecule has 14 heavy (non-hydrogen) atoms. The summed E-state index contributed by atoms with van der Waals surface area (Å²) in [7, 11) is 1.84. The molecule has 1 aliphatic heterocycles. The van der Waals surface area contributed by atoms with E-state index in [9.17, 15) is 4.79 Å². The topological polar surface area (TPSA) is 32.3 Å². The number of rotatable bonds is 4. The fraction of sp³-hybridized carbons (Fsp3) is 0.727. The SMILES string of the molecule is C=C(C)CN(C)C(=O)CC1CCCN1. The fourth-order valence-corrected chi connectivity index (χ4v) is 1.79. The lowest BCUT2D eigenvalue weighted by molar-refractivity contribution is -0.129. The zero-order valence-electron chi connectivity index (χ0n) is 9.18. The third-order valence-corrected chi connectivity index (χ3v) is 2.52. The van der Waals surface area contributed by atoms with Crippen molar-refractivity contribution in [2.45, 2.75) is 32.2 Å². The van der Waals surface area contributed by atoms with E-state index in [0.717, 1.165) is 18.5 Å². The Morgan fingerprint density at radius 3 is 2.86 bits per heavy atom. The van der Waals surface area contributed by atoms with Gasteiger partial charge in [0.15, 0.2) is 0 Å². The minimum Gasteiger partial charge on any atom is -0.342 e. The second-order valence-electron chi connectivity index (χ2n) is 4.20. The normalized spacial score (nSPS) is 20.9. The van der Waals surface area contributed by atoms with Crippen molar-refractivity contribution in [1.29, 1.82) is 0 Å². The second kappa shape index (κ2) is 5.15. The average Bonchev–Trinajstić information content (AvgIpc) is 2.55. The first-order valence-electron chi connectivity index (χ1n) is 5.21. The molecule has 1 heterocycles. The molecule has 1 aliphatic rings. The molecule has 0 aromatic heterocycles. The van der Waals surface area contributed by atoms with Crippen molar-refractivity contribution in [3.05, 3.63) is 12.2 Å². The maximum Gasteiger partial charge on any atom is 0.224 e. The van der Waals surface area contributed by atoms with Crippen LogP contribution in [0.25, 0.3) is 0 Å². The van der Waals surface area contributed by atoms with Gasteiger partial charge in [-0.15, -0.1) is 0 Å². The van der Waals surface area contributed by atoms with Crippen LogP contribution in [0.1, 0.15) is 26.2 Å². The second-order valence-corrected chi connectivity index (χ2v) is 4.20. The van der Waals surface area contributed by atoms with Gasteiger partial charge in [-0.05, 0) is 26.3 Å². The molecule has 1 rings (SSSR count). The third-order valence-electron chi connectivity index (χ3n) is 2.52. The molecule has 0 spiro atoms. The van der Waals surface area contributed by atoms with E-state index in [2.05, 4.69) is 11.9 Å². The lowest BCUT2D eigenvalue weighted by Gasteiger charge is -2.19. The first-order chi connectivity index (χ1) is 6.59. The third kappa shape index (κ3) is 3.50. The molecule has 0 saturated carbocycles. The molecule has 0 bridgehead atoms. The van der Waals surface area contributed by atoms with Crippen molar-refractivity contribution < 1.29 is 4.79 Å². The predicted molar refractivity (Wildman–Crippen MR) is 58.1 cm³/mol. The molecule has 1 amide bonds. The van der Waals surface area contributed by atoms with Gasteiger partial charge in [0.05, 0.1) is 0 Å². The minimum absolute atomic E-state index is 0.215. The van der Waals surface area contributed by atoms with Crippen molar-refractivity contribution in [1.82, 2.24) is 10.2 Å². The molecule has 0 aromatic carbocycles. The molecule has 0 aromatic rings. The van der Waals surface area contributed by atoms with Crippen LogP contribution < -0.4 is 5.32 Å². The van der Waals surface area contributed by atoms with Gasteiger partial charge in [-0.25, -0.2) is 0 Å². The highest BCUT2D eigenvalue weighted by Crippen LogP contribution is 2.10. The highest BCUT2D eigenvalue weighted by Gasteiger charge is 2.19. The Hall–Kier alpha value is -0.830. The number of amides is 1. The monoisotopic (exact) mass is 196 g/mol. The van der Waals surface area contributed by atoms with Gasteiger partial charge < -0.3 is 10.2 Å². The van der Waals surface area contributed by atoms with Crippen molar-refractivity contribution in [2.75, 3.05) is 20.1 Å². The first-order valence-corrected chi connectivity index (χ1v) is 5.21. The van der Waals surface area contributed by atoms with Gasteiger partial charge in [-0.3, -0.25) is 4.79 Å². The Kier molecular flexibility index (Phi) is 4.14. The minimum atomic E-state index is 0.215. The summed E-state index contributed by atoms with van der Waals surface area (Å²) < 4.78 is 0. The van der Waals surface area contributed by atoms with E-state index >= 15 is 0 Å². The Morgan fingerprint density at radius 2 is 2.36 bits per heavy atom. The van der Waals surface area contributed by atoms with Gasteiger partial charge >= 0.3 is 0 Å². The predicted octanol–water partition coefficient (Wildman–Crippen LogP) is 1.16. The molecular formula is C11H20N2O. The molecule has 1 unspecified atom stereocenters. The van der Waals surface area contributed by atoms with Gasteiger partial charge in [0, 0.05) is 26.1 Å². The van der Waals surface area contributed by atoms with Crippen LogP contribution in [0.15, 0.2) is 12.2 Å². The molecule has 1 N–H and O–H groups in total. The van der Waals surface area contributed by atoms with Gasteiger partial charge in [0.25, 0.3) is 0 Å². The molecule has 80 valence electrons. The quantitative estimate of drug-likeness (QED) is 0.684. The zero-order valence-corrected chi connectivity index (χ0v) is 9.18. The summed E-state index contributed by atoms with van der Waals surface area (Å²) in [4.78, 5) is 13.4. The molecule has 3 heteroatoms. The van der Waals surface area contributed by atoms with Crippen LogP contribution in [0.2, 0.25) is 0 Å². The number of nitrogens with one attached hydrogen (secondary N) is 1. The van der Waals surface area contributed by atoms with Gasteiger partial charge in [-0.1, -0.05) is 12.2 Å². The van der Waals surface area contributed by atoms with Crippen molar-refractivity contribution in [3.8, 4) is 0 Å². The summed E-state index contributed by atoms with van der Waals surface area (Å²) in [5.74, 6) is 0.215. The van der Waals surface area contributed by atoms with Gasteiger partial charge in [0.1, 0.15) is 0 Å². The van der Waals surface area contributed by atoms with Crippen LogP contribution in [0.5, 0.6) is 0 Å². The maximum absolute atomic E-state index is 11.7. The Balaban J connectivity index is 2.29. The van der Waals surface area contributed by atoms with E-state index in [4.69, 9.17) is 0 Å². The largest absolute Gasteiger partial charge is 0.342 e. The van der Waals surface area contributed by atoms with Crippen LogP contribution in [-0.2, 0) is 4.79 Å². The summed E-state index contributed by atoms with van der Waals surface area (Å²) >= 11 is 0. The molecule has 1 atom stereocenters. The van der Waals surface area contributed by atoms with Crippen LogP contribution in [0.3, 0.4) is 0 Å². The van der Waals surface area contributed by atoms with Crippen molar-refractivity contribution in [3.63, 3.8) is 0 Å². The highest BCUT2D eigenvalue weighted by atomic mass is 16.2. The van der Waals surface area contributed by atoms with Gasteiger partial charge in [-0.2, -0.15) is 0 Å². The molecule has 0 radical (unpaired) electrons. The van der Waals surface area contributed by atoms with Crippen molar-refractivity contribution >= 4 is 5.91 Å². The summed E-state index contributed by atoms with van der Waals surface area (Å²) in [6.07, 6.45) is 2.96. The summed E-state index contributed by atoms with van der Waals surface area (Å²) in [6, 6.07) is 0.398. The summed E-state index contributed by atoms with van der Waals surface area (Å²) in [5, 5.41) is 3.33. The van der Waals surface area contributed by atoms with Gasteiger partial charge in [0.2, 0.25) is 5.91 Å². The van der Waals surface area contributed by atoms with E-state index in [1.807, 2.05) is 14.0 Å². The molecule has 1 saturated heterocycles. The number of carbonyl (C=O) groups is 1. The number of hydrogen-bond donors (Lipinski definition) is 1. The average molecular weight is 196 g/mol. The maximum atomic E-state index is 11.7. The highest BCUT2D eigenvalue weighted by molar-refractivity contribution is 5.76. The number of carbonyl (C=O) groups excluding carboxylic acids is 1. The standard InChI is InChI=1S/C11H20N2O/c1-9(2)8-13(3)11(14)7-10-5-4-6-12-10/h10,12H,1,4-8H2,2-3H3. The number of likely N-dealkylation sites (N-methyl/N-ethyl adjacent to an activating group) is 1. The lowest BCUT2D eigenvalue weighted by atomic mass is 10.1. The molecule has 0 aliphatic carbocycles. The molecular weight excluding hydrogens is 176 g/mol. The van der Waals surface area contributed by atoms with E-state index in [-0.39, 0.29) is 5.91 Å². The van der Waals surface area contributed by atoms with E-state index in [0.29, 0.717) is 19.0 Å². The van der Waals surface area contributed by atoms with Crippen LogP contribution in [-0.4, -0.2) is 37.0 Å². The molecule has 3 nitrogen and oxygen atoms in total.